The lowest BCUT2D eigenvalue weighted by Crippen LogP contribution is -2.51. The molecule has 3 aromatic rings. The minimum absolute atomic E-state index is 0.0986. The van der Waals surface area contributed by atoms with E-state index in [0.717, 1.165) is 35.7 Å². The largest absolute Gasteiger partial charge is 0.290 e. The maximum absolute atomic E-state index is 13.2. The van der Waals surface area contributed by atoms with Crippen LogP contribution in [0.1, 0.15) is 48.7 Å². The quantitative estimate of drug-likeness (QED) is 0.556. The van der Waals surface area contributed by atoms with Crippen molar-refractivity contribution in [2.24, 2.45) is 0 Å². The van der Waals surface area contributed by atoms with Crippen LogP contribution in [0.4, 0.5) is 0 Å². The first kappa shape index (κ1) is 21.2. The molecular weight excluding hydrogens is 460 g/mol. The first-order valence-electron chi connectivity index (χ1n) is 10.3. The lowest BCUT2D eigenvalue weighted by molar-refractivity contribution is -0.127. The lowest BCUT2D eigenvalue weighted by atomic mass is 9.78. The molecule has 0 atom stereocenters. The second-order valence-electron chi connectivity index (χ2n) is 7.72. The van der Waals surface area contributed by atoms with Gasteiger partial charge >= 0.3 is 0 Å². The van der Waals surface area contributed by atoms with Gasteiger partial charge in [0.25, 0.3) is 11.5 Å². The average molecular weight is 483 g/mol. The normalized spacial score (nSPS) is 15.0. The molecule has 1 heterocycles. The van der Waals surface area contributed by atoms with Crippen molar-refractivity contribution in [2.45, 2.75) is 44.6 Å². The zero-order chi connectivity index (χ0) is 22.0. The number of halogens is 1. The number of benzene rings is 2. The van der Waals surface area contributed by atoms with Gasteiger partial charge in [-0.2, -0.15) is 5.10 Å². The molecule has 0 radical (unpaired) electrons. The zero-order valence-corrected chi connectivity index (χ0v) is 18.7. The number of amides is 2. The summed E-state index contributed by atoms with van der Waals surface area (Å²) in [4.78, 5) is 38.6. The Hall–Kier alpha value is -3.00. The van der Waals surface area contributed by atoms with Gasteiger partial charge in [0.05, 0.1) is 10.8 Å². The Labute approximate surface area is 187 Å². The van der Waals surface area contributed by atoms with Crippen LogP contribution in [0.2, 0.25) is 0 Å². The molecule has 31 heavy (non-hydrogen) atoms. The molecule has 0 spiro atoms. The van der Waals surface area contributed by atoms with E-state index in [4.69, 9.17) is 0 Å². The number of hydrazine groups is 1. The number of hydrogen-bond acceptors (Lipinski definition) is 4. The molecule has 0 bridgehead atoms. The lowest BCUT2D eigenvalue weighted by Gasteiger charge is -2.28. The van der Waals surface area contributed by atoms with Crippen LogP contribution >= 0.6 is 15.9 Å². The van der Waals surface area contributed by atoms with Crippen molar-refractivity contribution in [3.63, 3.8) is 0 Å². The van der Waals surface area contributed by atoms with Crippen LogP contribution < -0.4 is 16.4 Å². The first-order chi connectivity index (χ1) is 15.0. The number of nitrogens with zero attached hydrogens (tertiary/aromatic N) is 2. The van der Waals surface area contributed by atoms with Crippen molar-refractivity contribution in [2.75, 3.05) is 0 Å². The smallest absolute Gasteiger partial charge is 0.272 e. The molecule has 1 fully saturated rings. The highest BCUT2D eigenvalue weighted by atomic mass is 79.9. The van der Waals surface area contributed by atoms with E-state index in [2.05, 4.69) is 31.9 Å². The molecular formula is C23H23BrN4O3. The Kier molecular flexibility index (Phi) is 5.91. The molecule has 8 heteroatoms. The summed E-state index contributed by atoms with van der Waals surface area (Å²) < 4.78 is 2.20. The van der Waals surface area contributed by atoms with Gasteiger partial charge in [0.2, 0.25) is 5.91 Å². The molecule has 0 saturated heterocycles. The maximum atomic E-state index is 13.2. The van der Waals surface area contributed by atoms with Gasteiger partial charge in [0.1, 0.15) is 0 Å². The van der Waals surface area contributed by atoms with E-state index in [0.29, 0.717) is 17.3 Å². The molecule has 0 aliphatic heterocycles. The van der Waals surface area contributed by atoms with Crippen molar-refractivity contribution >= 4 is 38.5 Å². The fraction of sp³-hybridized carbons (Fsp3) is 0.304. The molecule has 1 aromatic heterocycles. The fourth-order valence-corrected chi connectivity index (χ4v) is 4.57. The maximum Gasteiger partial charge on any atom is 0.290 e. The number of nitrogens with one attached hydrogen (secondary N) is 2. The van der Waals surface area contributed by atoms with E-state index in [1.807, 2.05) is 24.3 Å². The van der Waals surface area contributed by atoms with Crippen LogP contribution in [-0.2, 0) is 16.8 Å². The van der Waals surface area contributed by atoms with Crippen LogP contribution in [0.15, 0.2) is 57.8 Å². The van der Waals surface area contributed by atoms with Crippen LogP contribution in [0.5, 0.6) is 0 Å². The molecule has 0 unspecified atom stereocenters. The number of carbonyl (C=O) groups excluding carboxylic acids is 2. The summed E-state index contributed by atoms with van der Waals surface area (Å²) in [5, 5.41) is 5.08. The molecule has 160 valence electrons. The van der Waals surface area contributed by atoms with Gasteiger partial charge in [-0.3, -0.25) is 25.2 Å². The Balaban J connectivity index is 1.60. The summed E-state index contributed by atoms with van der Waals surface area (Å²) in [7, 11) is 0. The Morgan fingerprint density at radius 1 is 1.03 bits per heavy atom. The number of carbonyl (C=O) groups is 2. The molecule has 2 N–H and O–H groups in total. The monoisotopic (exact) mass is 482 g/mol. The third-order valence-corrected chi connectivity index (χ3v) is 6.49. The molecule has 1 aliphatic rings. The average Bonchev–Trinajstić information content (AvgIpc) is 3.29. The Morgan fingerprint density at radius 2 is 1.68 bits per heavy atom. The van der Waals surface area contributed by atoms with E-state index in [9.17, 15) is 14.4 Å². The summed E-state index contributed by atoms with van der Waals surface area (Å²) in [5.41, 5.74) is 5.24. The molecule has 7 nitrogen and oxygen atoms in total. The van der Waals surface area contributed by atoms with Crippen LogP contribution in [0.3, 0.4) is 0 Å². The summed E-state index contributed by atoms with van der Waals surface area (Å²) in [6.45, 7) is 2.12. The van der Waals surface area contributed by atoms with Gasteiger partial charge in [-0.25, -0.2) is 4.68 Å². The van der Waals surface area contributed by atoms with E-state index >= 15 is 0 Å². The fourth-order valence-electron chi connectivity index (χ4n) is 4.30. The number of fused-ring (bicyclic) bond motifs is 1. The van der Waals surface area contributed by atoms with Crippen molar-refractivity contribution in [3.8, 4) is 0 Å². The third kappa shape index (κ3) is 3.87. The van der Waals surface area contributed by atoms with Gasteiger partial charge in [-0.05, 0) is 43.5 Å². The number of hydrogen-bond donors (Lipinski definition) is 2. The van der Waals surface area contributed by atoms with Crippen LogP contribution in [0, 0.1) is 0 Å². The zero-order valence-electron chi connectivity index (χ0n) is 17.2. The second-order valence-corrected chi connectivity index (χ2v) is 8.64. The van der Waals surface area contributed by atoms with Crippen LogP contribution in [-0.4, -0.2) is 21.6 Å². The topological polar surface area (TPSA) is 93.1 Å². The molecule has 2 amide bonds. The second kappa shape index (κ2) is 8.63. The van der Waals surface area contributed by atoms with Crippen molar-refractivity contribution in [3.05, 3.63) is 74.6 Å². The third-order valence-electron chi connectivity index (χ3n) is 5.96. The van der Waals surface area contributed by atoms with E-state index in [1.54, 1.807) is 31.2 Å². The van der Waals surface area contributed by atoms with E-state index < -0.39 is 11.3 Å². The van der Waals surface area contributed by atoms with Crippen LogP contribution in [0.25, 0.3) is 10.8 Å². The summed E-state index contributed by atoms with van der Waals surface area (Å²) in [5.74, 6) is -0.801. The van der Waals surface area contributed by atoms with Gasteiger partial charge in [-0.15, -0.1) is 0 Å². The van der Waals surface area contributed by atoms with E-state index in [-0.39, 0.29) is 17.2 Å². The molecule has 1 aliphatic carbocycles. The standard InChI is InChI=1S/C23H23BrN4O3/c1-2-28-21(30)18-8-4-3-7-17(18)19(27-28)20(29)25-26-22(31)23(13-5-6-14-23)15-9-11-16(24)12-10-15/h3-4,7-12H,2,5-6,13-14H2,1H3,(H,25,29)(H,26,31). The van der Waals surface area contributed by atoms with Crippen molar-refractivity contribution in [1.82, 2.24) is 20.6 Å². The van der Waals surface area contributed by atoms with Gasteiger partial charge in [0.15, 0.2) is 5.69 Å². The van der Waals surface area contributed by atoms with Crippen molar-refractivity contribution < 1.29 is 9.59 Å². The minimum Gasteiger partial charge on any atom is -0.272 e. The van der Waals surface area contributed by atoms with Crippen molar-refractivity contribution in [1.29, 1.82) is 0 Å². The highest BCUT2D eigenvalue weighted by Gasteiger charge is 2.43. The summed E-state index contributed by atoms with van der Waals surface area (Å²) in [6.07, 6.45) is 3.34. The summed E-state index contributed by atoms with van der Waals surface area (Å²) >= 11 is 3.43. The highest BCUT2D eigenvalue weighted by molar-refractivity contribution is 9.10. The Bertz CT molecular complexity index is 1200. The van der Waals surface area contributed by atoms with Gasteiger partial charge in [-0.1, -0.05) is 59.1 Å². The molecule has 1 saturated carbocycles. The predicted octanol–water partition coefficient (Wildman–Crippen LogP) is 3.45. The van der Waals surface area contributed by atoms with Gasteiger partial charge < -0.3 is 0 Å². The predicted molar refractivity (Wildman–Crippen MR) is 122 cm³/mol. The summed E-state index contributed by atoms with van der Waals surface area (Å²) in [6, 6.07) is 14.6. The molecule has 4 rings (SSSR count). The van der Waals surface area contributed by atoms with Gasteiger partial charge in [0, 0.05) is 16.4 Å². The minimum atomic E-state index is -0.675. The molecule has 2 aromatic carbocycles. The SMILES string of the molecule is CCn1nc(C(=O)NNC(=O)C2(c3ccc(Br)cc3)CCCC2)c2ccccc2c1=O. The first-order valence-corrected chi connectivity index (χ1v) is 11.1. The van der Waals surface area contributed by atoms with E-state index in [1.165, 1.54) is 4.68 Å². The Morgan fingerprint density at radius 3 is 2.32 bits per heavy atom. The highest BCUT2D eigenvalue weighted by Crippen LogP contribution is 2.41. The number of aromatic nitrogens is 2. The number of rotatable bonds is 4. The number of aryl methyl sites for hydroxylation is 1.